The lowest BCUT2D eigenvalue weighted by molar-refractivity contribution is 0.103. The highest BCUT2D eigenvalue weighted by molar-refractivity contribution is 4.86. The third-order valence-corrected chi connectivity index (χ3v) is 4.30. The van der Waals surface area contributed by atoms with E-state index in [1.54, 1.807) is 0 Å². The van der Waals surface area contributed by atoms with Crippen LogP contribution < -0.4 is 5.32 Å². The molecule has 4 unspecified atom stereocenters. The van der Waals surface area contributed by atoms with E-state index in [2.05, 4.69) is 44.8 Å². The lowest BCUT2D eigenvalue weighted by atomic mass is 9.95. The second-order valence-electron chi connectivity index (χ2n) is 5.72. The highest BCUT2D eigenvalue weighted by atomic mass is 15.2. The largest absolute Gasteiger partial charge is 0.311 e. The number of nitrogens with zero attached hydrogens (tertiary/aromatic N) is 1. The van der Waals surface area contributed by atoms with Gasteiger partial charge in [-0.3, -0.25) is 4.90 Å². The number of rotatable bonds is 5. The summed E-state index contributed by atoms with van der Waals surface area (Å²) in [5.41, 5.74) is 0. The molecule has 0 aromatic carbocycles. The van der Waals surface area contributed by atoms with E-state index in [0.717, 1.165) is 18.4 Å². The molecule has 1 fully saturated rings. The average molecular weight is 226 g/mol. The molecule has 1 saturated heterocycles. The van der Waals surface area contributed by atoms with Crippen molar-refractivity contribution in [3.63, 3.8) is 0 Å². The number of nitrogens with one attached hydrogen (secondary N) is 1. The third-order valence-electron chi connectivity index (χ3n) is 4.30. The molecule has 1 heterocycles. The minimum atomic E-state index is 0.699. The van der Waals surface area contributed by atoms with E-state index in [-0.39, 0.29) is 0 Å². The first kappa shape index (κ1) is 14.0. The quantitative estimate of drug-likeness (QED) is 0.775. The van der Waals surface area contributed by atoms with Crippen molar-refractivity contribution >= 4 is 0 Å². The van der Waals surface area contributed by atoms with Gasteiger partial charge in [0.15, 0.2) is 0 Å². The number of hydrogen-bond acceptors (Lipinski definition) is 2. The Bertz CT molecular complexity index is 193. The predicted octanol–water partition coefficient (Wildman–Crippen LogP) is 2.74. The first-order chi connectivity index (χ1) is 7.58. The van der Waals surface area contributed by atoms with Gasteiger partial charge in [-0.15, -0.1) is 0 Å². The van der Waals surface area contributed by atoms with Crippen LogP contribution in [-0.4, -0.2) is 36.6 Å². The van der Waals surface area contributed by atoms with Gasteiger partial charge in [0, 0.05) is 31.7 Å². The van der Waals surface area contributed by atoms with Crippen LogP contribution in [0.1, 0.15) is 47.5 Å². The lowest BCUT2D eigenvalue weighted by Gasteiger charge is -2.42. The molecule has 2 heteroatoms. The molecule has 1 aliphatic rings. The molecule has 1 aliphatic heterocycles. The van der Waals surface area contributed by atoms with Gasteiger partial charge in [-0.1, -0.05) is 40.5 Å². The van der Waals surface area contributed by atoms with E-state index >= 15 is 0 Å². The summed E-state index contributed by atoms with van der Waals surface area (Å²) in [5.74, 6) is 1.63. The van der Waals surface area contributed by atoms with Crippen molar-refractivity contribution in [2.75, 3.05) is 19.6 Å². The minimum absolute atomic E-state index is 0.699. The topological polar surface area (TPSA) is 15.3 Å². The van der Waals surface area contributed by atoms with Gasteiger partial charge in [0.25, 0.3) is 0 Å². The minimum Gasteiger partial charge on any atom is -0.311 e. The highest BCUT2D eigenvalue weighted by Crippen LogP contribution is 2.17. The van der Waals surface area contributed by atoms with Crippen molar-refractivity contribution in [1.29, 1.82) is 0 Å². The van der Waals surface area contributed by atoms with Gasteiger partial charge in [0.1, 0.15) is 0 Å². The van der Waals surface area contributed by atoms with E-state index in [4.69, 9.17) is 0 Å². The standard InChI is InChI=1S/C14H30N2/c1-6-11(3)9-16-10-14(12(4)7-2)15-8-13(16)5/h11-15H,6-10H2,1-5H3. The second-order valence-corrected chi connectivity index (χ2v) is 5.72. The molecular formula is C14H30N2. The van der Waals surface area contributed by atoms with E-state index < -0.39 is 0 Å². The molecule has 0 aromatic heterocycles. The molecule has 0 bridgehead atoms. The molecule has 1 N–H and O–H groups in total. The van der Waals surface area contributed by atoms with Gasteiger partial charge < -0.3 is 5.32 Å². The molecule has 0 radical (unpaired) electrons. The van der Waals surface area contributed by atoms with Crippen LogP contribution in [0.3, 0.4) is 0 Å². The summed E-state index contributed by atoms with van der Waals surface area (Å²) >= 11 is 0. The Labute approximate surface area is 102 Å². The normalized spacial score (nSPS) is 31.3. The first-order valence-electron chi connectivity index (χ1n) is 7.05. The maximum atomic E-state index is 3.70. The van der Waals surface area contributed by atoms with Gasteiger partial charge in [0.05, 0.1) is 0 Å². The third kappa shape index (κ3) is 3.74. The average Bonchev–Trinajstić information content (AvgIpc) is 2.30. The summed E-state index contributed by atoms with van der Waals surface area (Å²) < 4.78 is 0. The SMILES string of the molecule is CCC(C)CN1CC(C(C)CC)NCC1C. The molecule has 96 valence electrons. The predicted molar refractivity (Wildman–Crippen MR) is 71.7 cm³/mol. The van der Waals surface area contributed by atoms with Crippen molar-refractivity contribution < 1.29 is 0 Å². The summed E-state index contributed by atoms with van der Waals surface area (Å²) in [6.07, 6.45) is 2.58. The van der Waals surface area contributed by atoms with Crippen LogP contribution in [-0.2, 0) is 0 Å². The lowest BCUT2D eigenvalue weighted by Crippen LogP contribution is -2.58. The van der Waals surface area contributed by atoms with Crippen molar-refractivity contribution in [1.82, 2.24) is 10.2 Å². The van der Waals surface area contributed by atoms with E-state index in [1.807, 2.05) is 0 Å². The van der Waals surface area contributed by atoms with Gasteiger partial charge in [-0.2, -0.15) is 0 Å². The molecular weight excluding hydrogens is 196 g/mol. The van der Waals surface area contributed by atoms with E-state index in [0.29, 0.717) is 12.1 Å². The Balaban J connectivity index is 2.48. The van der Waals surface area contributed by atoms with Crippen LogP contribution in [0.5, 0.6) is 0 Å². The fourth-order valence-electron chi connectivity index (χ4n) is 2.40. The maximum Gasteiger partial charge on any atom is 0.0221 e. The van der Waals surface area contributed by atoms with Crippen molar-refractivity contribution in [3.8, 4) is 0 Å². The molecule has 0 amide bonds. The van der Waals surface area contributed by atoms with Crippen LogP contribution in [0.4, 0.5) is 0 Å². The van der Waals surface area contributed by atoms with Gasteiger partial charge in [0.2, 0.25) is 0 Å². The molecule has 0 saturated carbocycles. The van der Waals surface area contributed by atoms with E-state index in [9.17, 15) is 0 Å². The fraction of sp³-hybridized carbons (Fsp3) is 1.00. The van der Waals surface area contributed by atoms with Crippen LogP contribution in [0.15, 0.2) is 0 Å². The second kappa shape index (κ2) is 6.61. The first-order valence-corrected chi connectivity index (χ1v) is 7.05. The Morgan fingerprint density at radius 3 is 2.50 bits per heavy atom. The molecule has 0 spiro atoms. The number of piperazine rings is 1. The Hall–Kier alpha value is -0.0800. The zero-order chi connectivity index (χ0) is 12.1. The van der Waals surface area contributed by atoms with Crippen molar-refractivity contribution in [2.45, 2.75) is 59.5 Å². The summed E-state index contributed by atoms with van der Waals surface area (Å²) in [7, 11) is 0. The van der Waals surface area contributed by atoms with Gasteiger partial charge >= 0.3 is 0 Å². The Morgan fingerprint density at radius 1 is 1.25 bits per heavy atom. The molecule has 4 atom stereocenters. The van der Waals surface area contributed by atoms with Crippen LogP contribution in [0.25, 0.3) is 0 Å². The summed E-state index contributed by atoms with van der Waals surface area (Å²) in [6.45, 7) is 15.3. The summed E-state index contributed by atoms with van der Waals surface area (Å²) in [6, 6.07) is 1.40. The summed E-state index contributed by atoms with van der Waals surface area (Å²) in [5, 5.41) is 3.70. The van der Waals surface area contributed by atoms with Crippen LogP contribution in [0, 0.1) is 11.8 Å². The maximum absolute atomic E-state index is 3.70. The number of hydrogen-bond donors (Lipinski definition) is 1. The van der Waals surface area contributed by atoms with Crippen LogP contribution in [0.2, 0.25) is 0 Å². The van der Waals surface area contributed by atoms with Crippen molar-refractivity contribution in [2.24, 2.45) is 11.8 Å². The molecule has 0 aromatic rings. The molecule has 16 heavy (non-hydrogen) atoms. The molecule has 0 aliphatic carbocycles. The van der Waals surface area contributed by atoms with Crippen LogP contribution >= 0.6 is 0 Å². The molecule has 1 rings (SSSR count). The molecule has 2 nitrogen and oxygen atoms in total. The Kier molecular flexibility index (Phi) is 5.77. The summed E-state index contributed by atoms with van der Waals surface area (Å²) in [4.78, 5) is 2.68. The smallest absolute Gasteiger partial charge is 0.0221 e. The van der Waals surface area contributed by atoms with Crippen molar-refractivity contribution in [3.05, 3.63) is 0 Å². The zero-order valence-corrected chi connectivity index (χ0v) is 11.8. The highest BCUT2D eigenvalue weighted by Gasteiger charge is 2.27. The van der Waals surface area contributed by atoms with Gasteiger partial charge in [-0.25, -0.2) is 0 Å². The fourth-order valence-corrected chi connectivity index (χ4v) is 2.40. The Morgan fingerprint density at radius 2 is 1.94 bits per heavy atom. The monoisotopic (exact) mass is 226 g/mol. The zero-order valence-electron chi connectivity index (χ0n) is 11.8. The van der Waals surface area contributed by atoms with E-state index in [1.165, 1.54) is 25.9 Å². The van der Waals surface area contributed by atoms with Gasteiger partial charge in [-0.05, 0) is 18.8 Å².